The molecule has 0 bridgehead atoms. The lowest BCUT2D eigenvalue weighted by Crippen LogP contribution is -2.54. The van der Waals surface area contributed by atoms with Gasteiger partial charge in [-0.1, -0.05) is 42.5 Å². The van der Waals surface area contributed by atoms with Crippen LogP contribution in [0.4, 0.5) is 0 Å². The van der Waals surface area contributed by atoms with E-state index in [1.807, 2.05) is 24.3 Å². The minimum absolute atomic E-state index is 0.113. The van der Waals surface area contributed by atoms with Gasteiger partial charge in [-0.05, 0) is 41.7 Å². The Kier molecular flexibility index (Phi) is 5.19. The number of fused-ring (bicyclic) bond motifs is 1. The molecule has 5 rings (SSSR count). The Bertz CT molecular complexity index is 1160. The van der Waals surface area contributed by atoms with Crippen LogP contribution in [0.2, 0.25) is 0 Å². The monoisotopic (exact) mass is 429 g/mol. The van der Waals surface area contributed by atoms with Gasteiger partial charge >= 0.3 is 0 Å². The smallest absolute Gasteiger partial charge is 0.262 e. The van der Waals surface area contributed by atoms with E-state index in [0.717, 1.165) is 42.1 Å². The molecule has 0 radical (unpaired) electrons. The number of rotatable bonds is 4. The number of hydrogen-bond acceptors (Lipinski definition) is 5. The number of carbonyl (C=O) groups is 4. The predicted octanol–water partition coefficient (Wildman–Crippen LogP) is 2.38. The fourth-order valence-corrected chi connectivity index (χ4v) is 4.63. The predicted molar refractivity (Wildman–Crippen MR) is 117 cm³/mol. The van der Waals surface area contributed by atoms with Crippen LogP contribution in [-0.4, -0.2) is 52.6 Å². The number of nitrogens with one attached hydrogen (secondary N) is 1. The first-order valence-corrected chi connectivity index (χ1v) is 10.8. The summed E-state index contributed by atoms with van der Waals surface area (Å²) < 4.78 is 0. The van der Waals surface area contributed by atoms with Crippen LogP contribution in [0.15, 0.2) is 54.6 Å². The number of piperidine rings is 1. The number of amides is 4. The van der Waals surface area contributed by atoms with E-state index in [-0.39, 0.29) is 18.7 Å². The minimum atomic E-state index is -0.941. The fraction of sp³-hybridized carbons (Fsp3) is 0.280. The van der Waals surface area contributed by atoms with Gasteiger partial charge in [-0.15, -0.1) is 0 Å². The highest BCUT2D eigenvalue weighted by Gasteiger charge is 2.44. The van der Waals surface area contributed by atoms with Gasteiger partial charge in [0.1, 0.15) is 6.04 Å². The maximum atomic E-state index is 13.0. The lowest BCUT2D eigenvalue weighted by molar-refractivity contribution is -0.136. The molecule has 1 saturated heterocycles. The number of benzene rings is 2. The van der Waals surface area contributed by atoms with E-state index in [0.29, 0.717) is 11.1 Å². The average molecular weight is 429 g/mol. The molecule has 1 atom stereocenters. The molecular weight excluding hydrogens is 406 g/mol. The van der Waals surface area contributed by atoms with E-state index in [1.165, 1.54) is 5.56 Å². The lowest BCUT2D eigenvalue weighted by atomic mass is 9.96. The summed E-state index contributed by atoms with van der Waals surface area (Å²) in [6.07, 6.45) is 3.30. The molecule has 0 spiro atoms. The van der Waals surface area contributed by atoms with Gasteiger partial charge in [0.2, 0.25) is 11.8 Å². The van der Waals surface area contributed by atoms with Gasteiger partial charge in [-0.2, -0.15) is 0 Å². The molecule has 0 saturated carbocycles. The Morgan fingerprint density at radius 3 is 2.41 bits per heavy atom. The number of hydrogen-bond donors (Lipinski definition) is 1. The summed E-state index contributed by atoms with van der Waals surface area (Å²) in [6.45, 7) is 2.62. The molecule has 4 amide bonds. The standard InChI is InChI=1S/C25H23N3O4/c29-22-9-8-21(23(30)26-22)28-24(31)19-7-6-18(14-20(19)25(28)32)17-10-12-27(13-11-17)15-16-4-2-1-3-5-16/h1-7,10,14,21H,8-9,11-13,15H2,(H,26,29,30). The van der Waals surface area contributed by atoms with Crippen LogP contribution in [0.25, 0.3) is 5.57 Å². The summed E-state index contributed by atoms with van der Waals surface area (Å²) in [4.78, 5) is 52.9. The maximum absolute atomic E-state index is 13.0. The molecule has 2 aromatic rings. The van der Waals surface area contributed by atoms with Crippen LogP contribution >= 0.6 is 0 Å². The van der Waals surface area contributed by atoms with Crippen LogP contribution < -0.4 is 5.32 Å². The van der Waals surface area contributed by atoms with Crippen molar-refractivity contribution < 1.29 is 19.2 Å². The Morgan fingerprint density at radius 2 is 1.69 bits per heavy atom. The van der Waals surface area contributed by atoms with Crippen molar-refractivity contribution in [2.75, 3.05) is 13.1 Å². The summed E-state index contributed by atoms with van der Waals surface area (Å²) in [5, 5.41) is 2.22. The van der Waals surface area contributed by atoms with Gasteiger partial charge in [-0.25, -0.2) is 0 Å². The van der Waals surface area contributed by atoms with Crippen molar-refractivity contribution in [1.82, 2.24) is 15.1 Å². The third-order valence-corrected chi connectivity index (χ3v) is 6.35. The van der Waals surface area contributed by atoms with Crippen LogP contribution in [0, 0.1) is 0 Å². The Labute approximate surface area is 185 Å². The van der Waals surface area contributed by atoms with Crippen LogP contribution in [0.5, 0.6) is 0 Å². The topological polar surface area (TPSA) is 86.8 Å². The molecule has 1 fully saturated rings. The SMILES string of the molecule is O=C1CCC(N2C(=O)c3ccc(C4=CCN(Cc5ccccc5)CC4)cc3C2=O)C(=O)N1. The summed E-state index contributed by atoms with van der Waals surface area (Å²) >= 11 is 0. The normalized spacial score (nSPS) is 21.4. The molecule has 2 aromatic carbocycles. The minimum Gasteiger partial charge on any atom is -0.295 e. The van der Waals surface area contributed by atoms with E-state index in [9.17, 15) is 19.2 Å². The zero-order chi connectivity index (χ0) is 22.2. The molecule has 3 heterocycles. The number of carbonyl (C=O) groups excluding carboxylic acids is 4. The highest BCUT2D eigenvalue weighted by atomic mass is 16.2. The van der Waals surface area contributed by atoms with E-state index in [1.54, 1.807) is 12.1 Å². The van der Waals surface area contributed by atoms with Crippen molar-refractivity contribution in [1.29, 1.82) is 0 Å². The fourth-order valence-electron chi connectivity index (χ4n) is 4.63. The second-order valence-electron chi connectivity index (χ2n) is 8.41. The summed E-state index contributed by atoms with van der Waals surface area (Å²) in [5.74, 6) is -1.92. The molecule has 3 aliphatic rings. The summed E-state index contributed by atoms with van der Waals surface area (Å²) in [7, 11) is 0. The van der Waals surface area contributed by atoms with E-state index in [4.69, 9.17) is 0 Å². The van der Waals surface area contributed by atoms with E-state index >= 15 is 0 Å². The average Bonchev–Trinajstić information content (AvgIpc) is 3.05. The highest BCUT2D eigenvalue weighted by Crippen LogP contribution is 2.31. The van der Waals surface area contributed by atoms with Gasteiger partial charge in [0, 0.05) is 26.1 Å². The van der Waals surface area contributed by atoms with Gasteiger partial charge in [0.15, 0.2) is 0 Å². The first kappa shape index (κ1) is 20.3. The summed E-state index contributed by atoms with van der Waals surface area (Å²) in [5.41, 5.74) is 3.99. The van der Waals surface area contributed by atoms with Crippen molar-refractivity contribution in [3.05, 3.63) is 76.9 Å². The second kappa shape index (κ2) is 8.16. The summed E-state index contributed by atoms with van der Waals surface area (Å²) in [6, 6.07) is 14.7. The zero-order valence-electron chi connectivity index (χ0n) is 17.5. The quantitative estimate of drug-likeness (QED) is 0.754. The first-order valence-electron chi connectivity index (χ1n) is 10.8. The number of imide groups is 2. The van der Waals surface area contributed by atoms with Crippen molar-refractivity contribution in [2.24, 2.45) is 0 Å². The Morgan fingerprint density at radius 1 is 0.906 bits per heavy atom. The molecule has 7 heteroatoms. The first-order chi connectivity index (χ1) is 15.5. The van der Waals surface area contributed by atoms with Gasteiger partial charge in [0.25, 0.3) is 11.8 Å². The molecule has 1 unspecified atom stereocenters. The van der Waals surface area contributed by atoms with Crippen molar-refractivity contribution >= 4 is 29.2 Å². The van der Waals surface area contributed by atoms with Crippen molar-refractivity contribution in [2.45, 2.75) is 31.8 Å². The molecule has 1 N–H and O–H groups in total. The molecule has 162 valence electrons. The lowest BCUT2D eigenvalue weighted by Gasteiger charge is -2.27. The van der Waals surface area contributed by atoms with Crippen LogP contribution in [-0.2, 0) is 16.1 Å². The van der Waals surface area contributed by atoms with Crippen molar-refractivity contribution in [3.8, 4) is 0 Å². The second-order valence-corrected chi connectivity index (χ2v) is 8.41. The van der Waals surface area contributed by atoms with Gasteiger partial charge in [-0.3, -0.25) is 34.3 Å². The molecule has 32 heavy (non-hydrogen) atoms. The molecular formula is C25H23N3O4. The third kappa shape index (κ3) is 3.65. The zero-order valence-corrected chi connectivity index (χ0v) is 17.5. The molecule has 3 aliphatic heterocycles. The third-order valence-electron chi connectivity index (χ3n) is 6.35. The van der Waals surface area contributed by atoms with Crippen LogP contribution in [0.1, 0.15) is 51.1 Å². The van der Waals surface area contributed by atoms with Crippen molar-refractivity contribution in [3.63, 3.8) is 0 Å². The number of nitrogens with zero attached hydrogens (tertiary/aromatic N) is 2. The van der Waals surface area contributed by atoms with Gasteiger partial charge in [0.05, 0.1) is 11.1 Å². The Balaban J connectivity index is 1.33. The largest absolute Gasteiger partial charge is 0.295 e. The Hall–Kier alpha value is -3.58. The highest BCUT2D eigenvalue weighted by molar-refractivity contribution is 6.23. The molecule has 0 aromatic heterocycles. The maximum Gasteiger partial charge on any atom is 0.262 e. The van der Waals surface area contributed by atoms with Gasteiger partial charge < -0.3 is 0 Å². The molecule has 0 aliphatic carbocycles. The molecule has 7 nitrogen and oxygen atoms in total. The van der Waals surface area contributed by atoms with Crippen LogP contribution in [0.3, 0.4) is 0 Å². The van der Waals surface area contributed by atoms with E-state index in [2.05, 4.69) is 28.4 Å². The van der Waals surface area contributed by atoms with E-state index < -0.39 is 23.8 Å².